The maximum Gasteiger partial charge on any atom is 0.236 e. The minimum Gasteiger partial charge on any atom is -0.369 e. The fourth-order valence-electron chi connectivity index (χ4n) is 4.19. The Morgan fingerprint density at radius 1 is 0.862 bits per heavy atom. The van der Waals surface area contributed by atoms with Gasteiger partial charge >= 0.3 is 0 Å². The van der Waals surface area contributed by atoms with Gasteiger partial charge in [0, 0.05) is 58.0 Å². The number of nitrogens with zero attached hydrogens (tertiary/aromatic N) is 4. The van der Waals surface area contributed by atoms with Crippen molar-refractivity contribution in [3.8, 4) is 0 Å². The van der Waals surface area contributed by atoms with Gasteiger partial charge in [0.2, 0.25) is 5.91 Å². The van der Waals surface area contributed by atoms with Crippen LogP contribution in [0, 0.1) is 12.7 Å². The lowest BCUT2D eigenvalue weighted by atomic mass is 10.2. The molecule has 2 saturated heterocycles. The van der Waals surface area contributed by atoms with E-state index in [-0.39, 0.29) is 11.7 Å². The van der Waals surface area contributed by atoms with Gasteiger partial charge in [-0.1, -0.05) is 24.3 Å². The zero-order chi connectivity index (χ0) is 20.2. The minimum atomic E-state index is -0.196. The first-order chi connectivity index (χ1) is 14.1. The van der Waals surface area contributed by atoms with E-state index < -0.39 is 0 Å². The van der Waals surface area contributed by atoms with E-state index in [1.807, 2.05) is 15.9 Å². The van der Waals surface area contributed by atoms with Crippen LogP contribution in [0.3, 0.4) is 0 Å². The quantitative estimate of drug-likeness (QED) is 0.795. The Balaban J connectivity index is 1.24. The largest absolute Gasteiger partial charge is 0.369 e. The lowest BCUT2D eigenvalue weighted by Gasteiger charge is -2.39. The molecule has 0 atom stereocenters. The lowest BCUT2D eigenvalue weighted by Crippen LogP contribution is -2.54. The highest BCUT2D eigenvalue weighted by atomic mass is 19.1. The van der Waals surface area contributed by atoms with Crippen molar-refractivity contribution in [2.24, 2.45) is 0 Å². The summed E-state index contributed by atoms with van der Waals surface area (Å²) in [6.07, 6.45) is 0. The number of anilines is 2. The predicted molar refractivity (Wildman–Crippen MR) is 115 cm³/mol. The summed E-state index contributed by atoms with van der Waals surface area (Å²) in [5.74, 6) is -0.0130. The Kier molecular flexibility index (Phi) is 6.00. The van der Waals surface area contributed by atoms with Gasteiger partial charge in [-0.25, -0.2) is 4.39 Å². The average molecular weight is 397 g/mol. The SMILES string of the molecule is Cc1cccc(N2CCN(CC(=O)N3CCN(c4ccccc4F)CC3)CC2)c1. The molecule has 0 aromatic heterocycles. The smallest absolute Gasteiger partial charge is 0.236 e. The summed E-state index contributed by atoms with van der Waals surface area (Å²) in [5, 5.41) is 0. The van der Waals surface area contributed by atoms with Crippen LogP contribution in [0.15, 0.2) is 48.5 Å². The van der Waals surface area contributed by atoms with E-state index in [0.29, 0.717) is 38.4 Å². The first kappa shape index (κ1) is 19.7. The number of halogens is 1. The van der Waals surface area contributed by atoms with Crippen LogP contribution in [-0.4, -0.2) is 74.6 Å². The van der Waals surface area contributed by atoms with Crippen molar-refractivity contribution in [3.05, 3.63) is 59.9 Å². The molecule has 2 aliphatic heterocycles. The van der Waals surface area contributed by atoms with E-state index in [2.05, 4.69) is 41.0 Å². The van der Waals surface area contributed by atoms with Gasteiger partial charge in [0.05, 0.1) is 12.2 Å². The van der Waals surface area contributed by atoms with Gasteiger partial charge in [-0.15, -0.1) is 0 Å². The molecule has 0 radical (unpaired) electrons. The van der Waals surface area contributed by atoms with Gasteiger partial charge in [-0.2, -0.15) is 0 Å². The zero-order valence-electron chi connectivity index (χ0n) is 17.1. The summed E-state index contributed by atoms with van der Waals surface area (Å²) in [4.78, 5) is 21.3. The summed E-state index contributed by atoms with van der Waals surface area (Å²) in [7, 11) is 0. The monoisotopic (exact) mass is 396 g/mol. The topological polar surface area (TPSA) is 30.0 Å². The van der Waals surface area contributed by atoms with Crippen molar-refractivity contribution in [3.63, 3.8) is 0 Å². The predicted octanol–water partition coefficient (Wildman–Crippen LogP) is 2.60. The van der Waals surface area contributed by atoms with Crippen molar-refractivity contribution < 1.29 is 9.18 Å². The number of hydrogen-bond acceptors (Lipinski definition) is 4. The molecule has 29 heavy (non-hydrogen) atoms. The third-order valence-corrected chi connectivity index (χ3v) is 5.92. The van der Waals surface area contributed by atoms with E-state index in [1.54, 1.807) is 12.1 Å². The third kappa shape index (κ3) is 4.70. The molecule has 0 N–H and O–H groups in total. The maximum absolute atomic E-state index is 14.0. The normalized spacial score (nSPS) is 18.2. The molecule has 5 nitrogen and oxygen atoms in total. The molecule has 2 aromatic carbocycles. The molecule has 0 saturated carbocycles. The fraction of sp³-hybridized carbons (Fsp3) is 0.435. The highest BCUT2D eigenvalue weighted by Gasteiger charge is 2.25. The van der Waals surface area contributed by atoms with Gasteiger partial charge in [-0.05, 0) is 36.8 Å². The van der Waals surface area contributed by atoms with Crippen LogP contribution >= 0.6 is 0 Å². The number of amides is 1. The highest BCUT2D eigenvalue weighted by molar-refractivity contribution is 5.78. The van der Waals surface area contributed by atoms with Gasteiger partial charge in [0.15, 0.2) is 0 Å². The minimum absolute atomic E-state index is 0.183. The molecule has 2 heterocycles. The van der Waals surface area contributed by atoms with Crippen molar-refractivity contribution in [1.29, 1.82) is 0 Å². The zero-order valence-corrected chi connectivity index (χ0v) is 17.1. The molecule has 1 amide bonds. The molecule has 154 valence electrons. The first-order valence-corrected chi connectivity index (χ1v) is 10.4. The van der Waals surface area contributed by atoms with Crippen LogP contribution in [0.5, 0.6) is 0 Å². The maximum atomic E-state index is 14.0. The van der Waals surface area contributed by atoms with Crippen LogP contribution in [0.4, 0.5) is 15.8 Å². The molecule has 0 unspecified atom stereocenters. The number of piperazine rings is 2. The Bertz CT molecular complexity index is 842. The summed E-state index contributed by atoms with van der Waals surface area (Å²) in [6.45, 7) is 8.92. The number of aryl methyl sites for hydroxylation is 1. The Hall–Kier alpha value is -2.60. The van der Waals surface area contributed by atoms with Crippen molar-refractivity contribution in [1.82, 2.24) is 9.80 Å². The molecule has 2 fully saturated rings. The number of carbonyl (C=O) groups excluding carboxylic acids is 1. The van der Waals surface area contributed by atoms with Crippen LogP contribution < -0.4 is 9.80 Å². The molecule has 4 rings (SSSR count). The summed E-state index contributed by atoms with van der Waals surface area (Å²) in [5.41, 5.74) is 3.17. The molecular formula is C23H29FN4O. The van der Waals surface area contributed by atoms with Gasteiger partial charge < -0.3 is 14.7 Å². The second-order valence-electron chi connectivity index (χ2n) is 7.92. The van der Waals surface area contributed by atoms with Crippen LogP contribution in [0.25, 0.3) is 0 Å². The number of rotatable bonds is 4. The van der Waals surface area contributed by atoms with E-state index in [9.17, 15) is 9.18 Å². The van der Waals surface area contributed by atoms with Gasteiger partial charge in [0.25, 0.3) is 0 Å². The van der Waals surface area contributed by atoms with E-state index in [0.717, 1.165) is 26.2 Å². The number of hydrogen-bond donors (Lipinski definition) is 0. The Morgan fingerprint density at radius 2 is 1.55 bits per heavy atom. The first-order valence-electron chi connectivity index (χ1n) is 10.4. The number of para-hydroxylation sites is 1. The average Bonchev–Trinajstić information content (AvgIpc) is 2.75. The number of benzene rings is 2. The van der Waals surface area contributed by atoms with Crippen molar-refractivity contribution >= 4 is 17.3 Å². The van der Waals surface area contributed by atoms with Gasteiger partial charge in [-0.3, -0.25) is 9.69 Å². The van der Waals surface area contributed by atoms with Crippen molar-refractivity contribution in [2.45, 2.75) is 6.92 Å². The number of carbonyl (C=O) groups is 1. The van der Waals surface area contributed by atoms with Crippen LogP contribution in [-0.2, 0) is 4.79 Å². The summed E-state index contributed by atoms with van der Waals surface area (Å²) in [6, 6.07) is 15.4. The second kappa shape index (κ2) is 8.82. The standard InChI is InChI=1S/C23H29FN4O/c1-19-5-4-6-20(17-19)26-11-9-25(10-12-26)18-23(29)28-15-13-27(14-16-28)22-8-3-2-7-21(22)24/h2-8,17H,9-16,18H2,1H3. The molecule has 6 heteroatoms. The third-order valence-electron chi connectivity index (χ3n) is 5.92. The van der Waals surface area contributed by atoms with Gasteiger partial charge in [0.1, 0.15) is 5.82 Å². The molecule has 0 bridgehead atoms. The highest BCUT2D eigenvalue weighted by Crippen LogP contribution is 2.21. The van der Waals surface area contributed by atoms with Crippen LogP contribution in [0.1, 0.15) is 5.56 Å². The molecule has 0 aliphatic carbocycles. The van der Waals surface area contributed by atoms with E-state index >= 15 is 0 Å². The summed E-state index contributed by atoms with van der Waals surface area (Å²) >= 11 is 0. The second-order valence-corrected chi connectivity index (χ2v) is 7.92. The Morgan fingerprint density at radius 3 is 2.24 bits per heavy atom. The molecular weight excluding hydrogens is 367 g/mol. The molecule has 0 spiro atoms. The summed E-state index contributed by atoms with van der Waals surface area (Å²) < 4.78 is 14.0. The van der Waals surface area contributed by atoms with E-state index in [4.69, 9.17) is 0 Å². The Labute approximate surface area is 172 Å². The van der Waals surface area contributed by atoms with Crippen LogP contribution in [0.2, 0.25) is 0 Å². The van der Waals surface area contributed by atoms with E-state index in [1.165, 1.54) is 17.3 Å². The molecule has 2 aromatic rings. The lowest BCUT2D eigenvalue weighted by molar-refractivity contribution is -0.132. The molecule has 2 aliphatic rings. The van der Waals surface area contributed by atoms with Crippen molar-refractivity contribution in [2.75, 3.05) is 68.7 Å². The fourth-order valence-corrected chi connectivity index (χ4v) is 4.19.